The lowest BCUT2D eigenvalue weighted by atomic mass is 10.0. The molecular weight excluding hydrogens is 615 g/mol. The van der Waals surface area contributed by atoms with Gasteiger partial charge in [0.1, 0.15) is 11.6 Å². The van der Waals surface area contributed by atoms with Crippen molar-refractivity contribution >= 4 is 37.7 Å². The van der Waals surface area contributed by atoms with Crippen LogP contribution in [0.4, 0.5) is 4.79 Å². The van der Waals surface area contributed by atoms with E-state index in [0.29, 0.717) is 43.5 Å². The molecule has 3 heterocycles. The zero-order valence-electron chi connectivity index (χ0n) is 29.7. The van der Waals surface area contributed by atoms with Crippen LogP contribution in [0.25, 0.3) is 0 Å². The molecule has 2 saturated heterocycles. The summed E-state index contributed by atoms with van der Waals surface area (Å²) >= 11 is 1.92. The summed E-state index contributed by atoms with van der Waals surface area (Å²) in [5, 5.41) is 14.2. The quantitative estimate of drug-likeness (QED) is 0.0608. The molecule has 2 aliphatic heterocycles. The number of nitrogens with zero attached hydrogens (tertiary/aromatic N) is 3. The monoisotopic (exact) mass is 679 g/mol. The van der Waals surface area contributed by atoms with E-state index in [9.17, 15) is 14.4 Å². The van der Waals surface area contributed by atoms with Crippen molar-refractivity contribution in [3.05, 3.63) is 12.4 Å². The Balaban J connectivity index is 0.000000320. The van der Waals surface area contributed by atoms with Gasteiger partial charge in [0, 0.05) is 55.5 Å². The maximum absolute atomic E-state index is 11.8. The molecule has 0 bridgehead atoms. The number of aromatic nitrogens is 3. The number of fused-ring (bicyclic) bond motifs is 1. The van der Waals surface area contributed by atoms with Gasteiger partial charge in [-0.25, -0.2) is 4.79 Å². The molecule has 2 N–H and O–H groups in total. The van der Waals surface area contributed by atoms with E-state index in [4.69, 9.17) is 4.43 Å². The van der Waals surface area contributed by atoms with Crippen LogP contribution >= 0.6 is 11.8 Å². The van der Waals surface area contributed by atoms with Crippen LogP contribution in [0.15, 0.2) is 12.4 Å². The molecular formula is C35H65N5O4SSi. The average Bonchev–Trinajstić information content (AvgIpc) is 3.72. The highest BCUT2D eigenvalue weighted by Gasteiger charge is 2.42. The molecule has 0 saturated carbocycles. The minimum absolute atomic E-state index is 0.0434. The van der Waals surface area contributed by atoms with Crippen LogP contribution in [-0.4, -0.2) is 70.1 Å². The van der Waals surface area contributed by atoms with E-state index >= 15 is 0 Å². The van der Waals surface area contributed by atoms with Gasteiger partial charge < -0.3 is 15.1 Å². The molecule has 1 aromatic rings. The molecule has 2 aliphatic rings. The summed E-state index contributed by atoms with van der Waals surface area (Å²) in [6, 6.07) is 1.80. The Bertz CT molecular complexity index is 978. The summed E-state index contributed by atoms with van der Waals surface area (Å²) in [4.78, 5) is 34.5. The normalized spacial score (nSPS) is 19.0. The highest BCUT2D eigenvalue weighted by molar-refractivity contribution is 8.00. The van der Waals surface area contributed by atoms with Crippen molar-refractivity contribution in [3.8, 4) is 0 Å². The molecule has 9 nitrogen and oxygen atoms in total. The Morgan fingerprint density at radius 1 is 0.913 bits per heavy atom. The molecule has 2 amide bonds. The lowest BCUT2D eigenvalue weighted by Crippen LogP contribution is -2.36. The van der Waals surface area contributed by atoms with Crippen LogP contribution in [0.5, 0.6) is 0 Å². The average molecular weight is 680 g/mol. The molecule has 0 unspecified atom stereocenters. The number of amides is 2. The summed E-state index contributed by atoms with van der Waals surface area (Å²) in [6.07, 6.45) is 23.2. The molecule has 1 aromatic heterocycles. The fraction of sp³-hybridized carbons (Fsp3) is 0.857. The lowest BCUT2D eigenvalue weighted by Gasteiger charge is -2.25. The number of nitrogens with one attached hydrogen (secondary N) is 2. The number of rotatable bonds is 25. The third-order valence-electron chi connectivity index (χ3n) is 8.77. The van der Waals surface area contributed by atoms with Crippen LogP contribution in [0.1, 0.15) is 136 Å². The van der Waals surface area contributed by atoms with Crippen molar-refractivity contribution in [1.82, 2.24) is 25.6 Å². The third kappa shape index (κ3) is 18.6. The number of thioether (sulfide) groups is 1. The second-order valence-electron chi connectivity index (χ2n) is 14.1. The number of Topliss-reactive ketones (excluding diaryl/α,β-unsaturated/α-hetero) is 2. The van der Waals surface area contributed by atoms with Gasteiger partial charge in [-0.05, 0) is 65.1 Å². The van der Waals surface area contributed by atoms with Crippen molar-refractivity contribution < 1.29 is 18.8 Å². The number of hydrogen-bond donors (Lipinski definition) is 2. The maximum Gasteiger partial charge on any atom is 0.315 e. The van der Waals surface area contributed by atoms with Crippen LogP contribution < -0.4 is 10.6 Å². The zero-order valence-corrected chi connectivity index (χ0v) is 31.5. The van der Waals surface area contributed by atoms with Crippen molar-refractivity contribution in [2.75, 3.05) is 5.75 Å². The number of hydrogen-bond acceptors (Lipinski definition) is 7. The fourth-order valence-corrected chi connectivity index (χ4v) is 10.5. The van der Waals surface area contributed by atoms with Gasteiger partial charge in [-0.3, -0.25) is 14.3 Å². The summed E-state index contributed by atoms with van der Waals surface area (Å²) in [6.45, 7) is 12.0. The van der Waals surface area contributed by atoms with E-state index in [1.807, 2.05) is 29.6 Å². The van der Waals surface area contributed by atoms with Crippen molar-refractivity contribution in [2.24, 2.45) is 0 Å². The Hall–Kier alpha value is -1.72. The van der Waals surface area contributed by atoms with Gasteiger partial charge in [-0.15, -0.1) is 5.10 Å². The Kier molecular flexibility index (Phi) is 20.7. The van der Waals surface area contributed by atoms with Crippen molar-refractivity contribution in [3.63, 3.8) is 0 Å². The van der Waals surface area contributed by atoms with Gasteiger partial charge >= 0.3 is 6.03 Å². The number of carbonyl (C=O) groups is 3. The molecule has 0 aromatic carbocycles. The molecule has 3 rings (SSSR count). The number of carbonyl (C=O) groups excluding carboxylic acids is 3. The molecule has 0 aliphatic carbocycles. The predicted octanol–water partition coefficient (Wildman–Crippen LogP) is 8.24. The molecule has 11 heteroatoms. The Labute approximate surface area is 285 Å². The standard InChI is InChI=1S/C18H37N3OSi.C17H28N2O3S/c1-18(2)22-23(3,4)17-13-11-9-7-5-6-8-10-12-15-21-16-14-19-20-21;1-2-6-12(20)8-5-9-13(21)7-3-4-10-15-16-14(11-23-15)18-17(22)19-16/h14,16,18H,5-13,15,17H2,1-4H3;14-16H,2-11H2,1H3,(H2,18,19,22)/t;14-,15-,16-/m.0/s1. The Morgan fingerprint density at radius 3 is 2.17 bits per heavy atom. The second kappa shape index (κ2) is 23.6. The smallest absolute Gasteiger partial charge is 0.315 e. The van der Waals surface area contributed by atoms with Crippen LogP contribution in [-0.2, 0) is 20.6 Å². The van der Waals surface area contributed by atoms with Gasteiger partial charge in [0.15, 0.2) is 8.32 Å². The van der Waals surface area contributed by atoms with Gasteiger partial charge in [-0.2, -0.15) is 11.8 Å². The summed E-state index contributed by atoms with van der Waals surface area (Å²) in [5.74, 6) is 1.54. The minimum atomic E-state index is -1.39. The zero-order chi connectivity index (χ0) is 33.6. The predicted molar refractivity (Wildman–Crippen MR) is 193 cm³/mol. The van der Waals surface area contributed by atoms with E-state index in [1.165, 1.54) is 63.8 Å². The number of unbranched alkanes of at least 4 members (excludes halogenated alkanes) is 9. The third-order valence-corrected chi connectivity index (χ3v) is 12.9. The van der Waals surface area contributed by atoms with Crippen LogP contribution in [0.2, 0.25) is 19.1 Å². The van der Waals surface area contributed by atoms with E-state index in [1.54, 1.807) is 6.20 Å². The van der Waals surface area contributed by atoms with Gasteiger partial charge in [0.2, 0.25) is 0 Å². The van der Waals surface area contributed by atoms with Gasteiger partial charge in [-0.1, -0.05) is 69.9 Å². The van der Waals surface area contributed by atoms with Crippen LogP contribution in [0.3, 0.4) is 0 Å². The SMILES string of the molecule is CC(C)O[Si](C)(C)CCCCCCCCCCCn1ccnn1.CCCC(=O)CCCC(=O)CCCC[C@@H]1SC[C@@H]2NC(=O)N[C@@H]21. The lowest BCUT2D eigenvalue weighted by molar-refractivity contribution is -0.120. The molecule has 2 fully saturated rings. The van der Waals surface area contributed by atoms with Crippen molar-refractivity contribution in [2.45, 2.75) is 185 Å². The van der Waals surface area contributed by atoms with Gasteiger partial charge in [0.05, 0.1) is 18.3 Å². The highest BCUT2D eigenvalue weighted by atomic mass is 32.2. The first-order valence-corrected chi connectivity index (χ1v) is 22.5. The maximum atomic E-state index is 11.8. The van der Waals surface area contributed by atoms with E-state index in [-0.39, 0.29) is 29.7 Å². The molecule has 0 radical (unpaired) electrons. The number of urea groups is 1. The molecule has 46 heavy (non-hydrogen) atoms. The fourth-order valence-electron chi connectivity index (χ4n) is 6.43. The van der Waals surface area contributed by atoms with Crippen LogP contribution in [0, 0.1) is 0 Å². The first-order valence-electron chi connectivity index (χ1n) is 18.3. The molecule has 0 spiro atoms. The number of aryl methyl sites for hydroxylation is 1. The molecule has 264 valence electrons. The summed E-state index contributed by atoms with van der Waals surface area (Å²) in [7, 11) is -1.39. The first-order chi connectivity index (χ1) is 22.1. The van der Waals surface area contributed by atoms with E-state index in [0.717, 1.165) is 38.0 Å². The number of ketones is 2. The first kappa shape index (κ1) is 40.5. The van der Waals surface area contributed by atoms with Gasteiger partial charge in [0.25, 0.3) is 0 Å². The van der Waals surface area contributed by atoms with Crippen molar-refractivity contribution in [1.29, 1.82) is 0 Å². The molecule has 3 atom stereocenters. The minimum Gasteiger partial charge on any atom is -0.415 e. The van der Waals surface area contributed by atoms with E-state index in [2.05, 4.69) is 47.9 Å². The Morgan fingerprint density at radius 2 is 1.54 bits per heavy atom. The largest absolute Gasteiger partial charge is 0.415 e. The van der Waals surface area contributed by atoms with E-state index < -0.39 is 8.32 Å². The summed E-state index contributed by atoms with van der Waals surface area (Å²) in [5.41, 5.74) is 0. The summed E-state index contributed by atoms with van der Waals surface area (Å²) < 4.78 is 8.00. The second-order valence-corrected chi connectivity index (χ2v) is 19.6. The highest BCUT2D eigenvalue weighted by Crippen LogP contribution is 2.33. The topological polar surface area (TPSA) is 115 Å².